The van der Waals surface area contributed by atoms with Crippen molar-refractivity contribution in [2.75, 3.05) is 33.2 Å². The van der Waals surface area contributed by atoms with Gasteiger partial charge in [0.1, 0.15) is 0 Å². The van der Waals surface area contributed by atoms with Gasteiger partial charge in [0.05, 0.1) is 6.17 Å². The van der Waals surface area contributed by atoms with Gasteiger partial charge in [-0.25, -0.2) is 5.01 Å². The normalized spacial score (nSPS) is 19.1. The molecule has 0 aliphatic carbocycles. The third-order valence-electron chi connectivity index (χ3n) is 3.70. The first-order valence-electron chi connectivity index (χ1n) is 7.34. The standard InChI is InChI=1S/C13H27N5S2/c1-5-17(6-2)12(19)14-9-7-8-10-18-11(3)16(4)15-13(18)20/h11H,5-10H2,1-4H3,(H,14,19)(H,15,20). The largest absolute Gasteiger partial charge is 0.363 e. The summed E-state index contributed by atoms with van der Waals surface area (Å²) in [5.41, 5.74) is 3.15. The third-order valence-corrected chi connectivity index (χ3v) is 4.43. The molecular weight excluding hydrogens is 290 g/mol. The second-order valence-electron chi connectivity index (χ2n) is 4.96. The fraction of sp³-hybridized carbons (Fsp3) is 0.846. The van der Waals surface area contributed by atoms with E-state index in [0.717, 1.165) is 49.2 Å². The summed E-state index contributed by atoms with van der Waals surface area (Å²) in [6.45, 7) is 10.2. The molecule has 1 rings (SSSR count). The van der Waals surface area contributed by atoms with Gasteiger partial charge in [-0.1, -0.05) is 0 Å². The van der Waals surface area contributed by atoms with Crippen LogP contribution in [-0.4, -0.2) is 64.4 Å². The monoisotopic (exact) mass is 317 g/mol. The fourth-order valence-electron chi connectivity index (χ4n) is 2.20. The van der Waals surface area contributed by atoms with Gasteiger partial charge in [-0.3, -0.25) is 5.43 Å². The summed E-state index contributed by atoms with van der Waals surface area (Å²) in [7, 11) is 2.01. The fourth-order valence-corrected chi connectivity index (χ4v) is 2.95. The van der Waals surface area contributed by atoms with Gasteiger partial charge in [0.2, 0.25) is 0 Å². The number of thiocarbonyl (C=S) groups is 2. The molecule has 1 atom stereocenters. The molecule has 0 spiro atoms. The van der Waals surface area contributed by atoms with Gasteiger partial charge in [-0.2, -0.15) is 0 Å². The molecule has 2 N–H and O–H groups in total. The van der Waals surface area contributed by atoms with Crippen molar-refractivity contribution in [3.05, 3.63) is 0 Å². The molecule has 1 heterocycles. The number of hydrazine groups is 1. The minimum atomic E-state index is 0.326. The molecule has 1 aliphatic heterocycles. The van der Waals surface area contributed by atoms with Gasteiger partial charge in [-0.05, 0) is 58.0 Å². The Bertz CT molecular complexity index is 333. The topological polar surface area (TPSA) is 33.8 Å². The SMILES string of the molecule is CCN(CC)C(=S)NCCCCN1C(=S)NN(C)C1C. The Labute approximate surface area is 133 Å². The summed E-state index contributed by atoms with van der Waals surface area (Å²) in [6, 6.07) is 0. The average Bonchev–Trinajstić information content (AvgIpc) is 2.65. The van der Waals surface area contributed by atoms with E-state index in [1.807, 2.05) is 12.1 Å². The molecule has 1 aliphatic rings. The van der Waals surface area contributed by atoms with Crippen molar-refractivity contribution < 1.29 is 0 Å². The molecular formula is C13H27N5S2. The minimum Gasteiger partial charge on any atom is -0.363 e. The van der Waals surface area contributed by atoms with E-state index in [9.17, 15) is 0 Å². The Morgan fingerprint density at radius 3 is 2.50 bits per heavy atom. The molecule has 1 fully saturated rings. The van der Waals surface area contributed by atoms with Crippen LogP contribution >= 0.6 is 24.4 Å². The number of hydrogen-bond acceptors (Lipinski definition) is 3. The first-order valence-corrected chi connectivity index (χ1v) is 8.15. The van der Waals surface area contributed by atoms with Crippen LogP contribution in [0.3, 0.4) is 0 Å². The van der Waals surface area contributed by atoms with Gasteiger partial charge in [-0.15, -0.1) is 0 Å². The van der Waals surface area contributed by atoms with Crippen molar-refractivity contribution in [1.29, 1.82) is 0 Å². The summed E-state index contributed by atoms with van der Waals surface area (Å²) in [5, 5.41) is 7.05. The molecule has 0 saturated carbocycles. The zero-order valence-corrected chi connectivity index (χ0v) is 14.6. The lowest BCUT2D eigenvalue weighted by Gasteiger charge is -2.24. The summed E-state index contributed by atoms with van der Waals surface area (Å²) < 4.78 is 0. The molecule has 116 valence electrons. The van der Waals surface area contributed by atoms with Crippen LogP contribution in [0.2, 0.25) is 0 Å². The van der Waals surface area contributed by atoms with E-state index in [1.54, 1.807) is 0 Å². The molecule has 0 radical (unpaired) electrons. The Kier molecular flexibility index (Phi) is 7.47. The molecule has 7 heteroatoms. The second-order valence-corrected chi connectivity index (χ2v) is 5.74. The van der Waals surface area contributed by atoms with E-state index in [0.29, 0.717) is 6.17 Å². The lowest BCUT2D eigenvalue weighted by atomic mass is 10.3. The highest BCUT2D eigenvalue weighted by Crippen LogP contribution is 2.11. The Balaban J connectivity index is 2.16. The maximum atomic E-state index is 5.35. The predicted octanol–water partition coefficient (Wildman–Crippen LogP) is 1.37. The van der Waals surface area contributed by atoms with Crippen LogP contribution in [0, 0.1) is 0 Å². The summed E-state index contributed by atoms with van der Waals surface area (Å²) in [4.78, 5) is 4.38. The number of hydrogen-bond donors (Lipinski definition) is 2. The zero-order chi connectivity index (χ0) is 15.1. The molecule has 0 bridgehead atoms. The molecule has 20 heavy (non-hydrogen) atoms. The highest BCUT2D eigenvalue weighted by atomic mass is 32.1. The summed E-state index contributed by atoms with van der Waals surface area (Å²) in [5.74, 6) is 0. The van der Waals surface area contributed by atoms with Gasteiger partial charge in [0.25, 0.3) is 0 Å². The lowest BCUT2D eigenvalue weighted by molar-refractivity contribution is 0.168. The van der Waals surface area contributed by atoms with Crippen LogP contribution in [0.5, 0.6) is 0 Å². The highest BCUT2D eigenvalue weighted by Gasteiger charge is 2.27. The van der Waals surface area contributed by atoms with Crippen LogP contribution < -0.4 is 10.7 Å². The van der Waals surface area contributed by atoms with Gasteiger partial charge in [0, 0.05) is 33.2 Å². The average molecular weight is 318 g/mol. The van der Waals surface area contributed by atoms with Gasteiger partial charge in [0.15, 0.2) is 10.2 Å². The van der Waals surface area contributed by atoms with E-state index >= 15 is 0 Å². The van der Waals surface area contributed by atoms with Crippen molar-refractivity contribution >= 4 is 34.7 Å². The molecule has 1 saturated heterocycles. The summed E-state index contributed by atoms with van der Waals surface area (Å²) >= 11 is 10.7. The Morgan fingerprint density at radius 1 is 1.35 bits per heavy atom. The van der Waals surface area contributed by atoms with Gasteiger partial charge < -0.3 is 15.1 Å². The van der Waals surface area contributed by atoms with Crippen LogP contribution in [0.25, 0.3) is 0 Å². The number of nitrogens with one attached hydrogen (secondary N) is 2. The van der Waals surface area contributed by atoms with Crippen LogP contribution in [0.4, 0.5) is 0 Å². The van der Waals surface area contributed by atoms with E-state index < -0.39 is 0 Å². The highest BCUT2D eigenvalue weighted by molar-refractivity contribution is 7.80. The van der Waals surface area contributed by atoms with Crippen molar-refractivity contribution in [3.8, 4) is 0 Å². The third kappa shape index (κ3) is 4.71. The quantitative estimate of drug-likeness (QED) is 0.542. The van der Waals surface area contributed by atoms with Crippen LogP contribution in [0.1, 0.15) is 33.6 Å². The van der Waals surface area contributed by atoms with Crippen LogP contribution in [-0.2, 0) is 0 Å². The van der Waals surface area contributed by atoms with Crippen molar-refractivity contribution in [2.45, 2.75) is 39.8 Å². The molecule has 0 aromatic heterocycles. The minimum absolute atomic E-state index is 0.326. The molecule has 0 aromatic rings. The summed E-state index contributed by atoms with van der Waals surface area (Å²) in [6.07, 6.45) is 2.53. The smallest absolute Gasteiger partial charge is 0.185 e. The second kappa shape index (κ2) is 8.59. The predicted molar refractivity (Wildman–Crippen MR) is 92.4 cm³/mol. The van der Waals surface area contributed by atoms with Gasteiger partial charge >= 0.3 is 0 Å². The molecule has 0 amide bonds. The van der Waals surface area contributed by atoms with Crippen molar-refractivity contribution in [1.82, 2.24) is 25.6 Å². The molecule has 0 aromatic carbocycles. The number of rotatable bonds is 7. The first-order chi connectivity index (χ1) is 9.51. The van der Waals surface area contributed by atoms with E-state index in [2.05, 4.69) is 41.3 Å². The Morgan fingerprint density at radius 2 is 2.00 bits per heavy atom. The maximum Gasteiger partial charge on any atom is 0.185 e. The molecule has 1 unspecified atom stereocenters. The number of unbranched alkanes of at least 4 members (excludes halogenated alkanes) is 1. The lowest BCUT2D eigenvalue weighted by Crippen LogP contribution is -2.40. The zero-order valence-electron chi connectivity index (χ0n) is 13.0. The van der Waals surface area contributed by atoms with E-state index in [1.165, 1.54) is 0 Å². The van der Waals surface area contributed by atoms with Crippen molar-refractivity contribution in [3.63, 3.8) is 0 Å². The van der Waals surface area contributed by atoms with Crippen LogP contribution in [0.15, 0.2) is 0 Å². The van der Waals surface area contributed by atoms with E-state index in [4.69, 9.17) is 24.4 Å². The van der Waals surface area contributed by atoms with E-state index in [-0.39, 0.29) is 0 Å². The number of nitrogens with zero attached hydrogens (tertiary/aromatic N) is 3. The first kappa shape index (κ1) is 17.4. The maximum absolute atomic E-state index is 5.35. The molecule has 5 nitrogen and oxygen atoms in total. The Hall–Kier alpha value is -0.660. The van der Waals surface area contributed by atoms with Crippen molar-refractivity contribution in [2.24, 2.45) is 0 Å².